The highest BCUT2D eigenvalue weighted by Crippen LogP contribution is 2.27. The van der Waals surface area contributed by atoms with E-state index in [2.05, 4.69) is 10.4 Å². The van der Waals surface area contributed by atoms with Crippen LogP contribution >= 0.6 is 11.8 Å². The molecule has 0 saturated carbocycles. The van der Waals surface area contributed by atoms with Crippen LogP contribution in [0.15, 0.2) is 0 Å². The molecule has 0 aromatic carbocycles. The number of rotatable bonds is 4. The van der Waals surface area contributed by atoms with E-state index >= 15 is 0 Å². The van der Waals surface area contributed by atoms with E-state index < -0.39 is 18.6 Å². The largest absolute Gasteiger partial charge is 0.408 e. The Morgan fingerprint density at radius 3 is 2.74 bits per heavy atom. The van der Waals surface area contributed by atoms with Crippen molar-refractivity contribution in [2.24, 2.45) is 0 Å². The van der Waals surface area contributed by atoms with Crippen molar-refractivity contribution in [3.05, 3.63) is 17.0 Å². The monoisotopic (exact) mass is 349 g/mol. The fourth-order valence-electron chi connectivity index (χ4n) is 2.97. The van der Waals surface area contributed by atoms with E-state index in [1.807, 2.05) is 11.8 Å². The molecule has 1 amide bonds. The molecule has 0 radical (unpaired) electrons. The van der Waals surface area contributed by atoms with Crippen molar-refractivity contribution in [2.45, 2.75) is 58.3 Å². The average Bonchev–Trinajstić information content (AvgIpc) is 2.71. The molecule has 2 atom stereocenters. The summed E-state index contributed by atoms with van der Waals surface area (Å²) in [4.78, 5) is 12.4. The second kappa shape index (κ2) is 7.15. The van der Waals surface area contributed by atoms with Crippen molar-refractivity contribution in [3.63, 3.8) is 0 Å². The van der Waals surface area contributed by atoms with Crippen LogP contribution in [0.2, 0.25) is 0 Å². The highest BCUT2D eigenvalue weighted by molar-refractivity contribution is 7.99. The number of aryl methyl sites for hydroxylation is 1. The summed E-state index contributed by atoms with van der Waals surface area (Å²) in [7, 11) is 0. The van der Waals surface area contributed by atoms with Gasteiger partial charge in [0.25, 0.3) is 0 Å². The summed E-state index contributed by atoms with van der Waals surface area (Å²) in [6.07, 6.45) is -2.30. The fraction of sp³-hybridized carbons (Fsp3) is 0.733. The SMILES string of the molecule is Cc1nn(CC(F)(F)F)c(C)c1[C@H](C)C(=O)N[C@H]1CCCSC1. The Morgan fingerprint density at radius 2 is 2.17 bits per heavy atom. The second-order valence-electron chi connectivity index (χ2n) is 6.00. The smallest absolute Gasteiger partial charge is 0.352 e. The Bertz CT molecular complexity index is 565. The molecule has 1 aromatic heterocycles. The van der Waals surface area contributed by atoms with Crippen LogP contribution in [0, 0.1) is 13.8 Å². The van der Waals surface area contributed by atoms with Crippen LogP contribution in [-0.2, 0) is 11.3 Å². The summed E-state index contributed by atoms with van der Waals surface area (Å²) in [6, 6.07) is 0.148. The Labute approximate surface area is 138 Å². The highest BCUT2D eigenvalue weighted by atomic mass is 32.2. The van der Waals surface area contributed by atoms with Gasteiger partial charge in [0, 0.05) is 23.1 Å². The molecule has 1 aliphatic heterocycles. The maximum atomic E-state index is 12.6. The van der Waals surface area contributed by atoms with Gasteiger partial charge < -0.3 is 5.32 Å². The third-order valence-electron chi connectivity index (χ3n) is 4.10. The van der Waals surface area contributed by atoms with Gasteiger partial charge in [-0.25, -0.2) is 0 Å². The maximum absolute atomic E-state index is 12.6. The molecule has 4 nitrogen and oxygen atoms in total. The lowest BCUT2D eigenvalue weighted by atomic mass is 9.97. The van der Waals surface area contributed by atoms with Gasteiger partial charge >= 0.3 is 6.18 Å². The molecule has 1 N–H and O–H groups in total. The molecule has 8 heteroatoms. The van der Waals surface area contributed by atoms with Gasteiger partial charge in [-0.2, -0.15) is 30.0 Å². The fourth-order valence-corrected chi connectivity index (χ4v) is 4.05. The van der Waals surface area contributed by atoms with E-state index in [1.165, 1.54) is 0 Å². The number of nitrogens with zero attached hydrogens (tertiary/aromatic N) is 2. The molecular formula is C15H22F3N3OS. The van der Waals surface area contributed by atoms with Gasteiger partial charge in [-0.15, -0.1) is 0 Å². The van der Waals surface area contributed by atoms with Gasteiger partial charge in [0.15, 0.2) is 0 Å². The lowest BCUT2D eigenvalue weighted by Gasteiger charge is -2.24. The minimum absolute atomic E-state index is 0.143. The Balaban J connectivity index is 2.11. The molecule has 0 bridgehead atoms. The van der Waals surface area contributed by atoms with Gasteiger partial charge in [0.05, 0.1) is 11.6 Å². The number of amides is 1. The summed E-state index contributed by atoms with van der Waals surface area (Å²) in [5.74, 6) is 1.35. The van der Waals surface area contributed by atoms with Crippen LogP contribution in [0.3, 0.4) is 0 Å². The summed E-state index contributed by atoms with van der Waals surface area (Å²) in [5.41, 5.74) is 1.48. The summed E-state index contributed by atoms with van der Waals surface area (Å²) >= 11 is 1.81. The summed E-state index contributed by atoms with van der Waals surface area (Å²) < 4.78 is 38.7. The second-order valence-corrected chi connectivity index (χ2v) is 7.15. The molecule has 0 aliphatic carbocycles. The van der Waals surface area contributed by atoms with E-state index in [9.17, 15) is 18.0 Å². The third-order valence-corrected chi connectivity index (χ3v) is 5.31. The first-order valence-electron chi connectivity index (χ1n) is 7.68. The van der Waals surface area contributed by atoms with Crippen molar-refractivity contribution in [2.75, 3.05) is 11.5 Å². The first-order chi connectivity index (χ1) is 10.7. The lowest BCUT2D eigenvalue weighted by Crippen LogP contribution is -2.40. The quantitative estimate of drug-likeness (QED) is 0.908. The van der Waals surface area contributed by atoms with Crippen molar-refractivity contribution in [1.82, 2.24) is 15.1 Å². The number of carbonyl (C=O) groups excluding carboxylic acids is 1. The van der Waals surface area contributed by atoms with Gasteiger partial charge in [-0.05, 0) is 39.4 Å². The zero-order valence-electron chi connectivity index (χ0n) is 13.5. The highest BCUT2D eigenvalue weighted by Gasteiger charge is 2.32. The first-order valence-corrected chi connectivity index (χ1v) is 8.83. The van der Waals surface area contributed by atoms with Crippen molar-refractivity contribution < 1.29 is 18.0 Å². The van der Waals surface area contributed by atoms with Gasteiger partial charge in [-0.1, -0.05) is 0 Å². The lowest BCUT2D eigenvalue weighted by molar-refractivity contribution is -0.143. The van der Waals surface area contributed by atoms with Crippen LogP contribution in [0.1, 0.15) is 42.6 Å². The van der Waals surface area contributed by atoms with Crippen molar-refractivity contribution >= 4 is 17.7 Å². The third kappa shape index (κ3) is 4.65. The van der Waals surface area contributed by atoms with E-state index in [4.69, 9.17) is 0 Å². The predicted octanol–water partition coefficient (Wildman–Crippen LogP) is 3.18. The van der Waals surface area contributed by atoms with Crippen LogP contribution in [-0.4, -0.2) is 39.4 Å². The minimum atomic E-state index is -4.33. The molecule has 1 fully saturated rings. The summed E-state index contributed by atoms with van der Waals surface area (Å²) in [5, 5.41) is 6.97. The van der Waals surface area contributed by atoms with Gasteiger partial charge in [0.2, 0.25) is 5.91 Å². The first kappa shape index (κ1) is 18.2. The average molecular weight is 349 g/mol. The number of carbonyl (C=O) groups is 1. The predicted molar refractivity (Wildman–Crippen MR) is 84.7 cm³/mol. The molecule has 2 heterocycles. The molecule has 1 aromatic rings. The number of hydrogen-bond donors (Lipinski definition) is 1. The molecule has 0 unspecified atom stereocenters. The van der Waals surface area contributed by atoms with Gasteiger partial charge in [-0.3, -0.25) is 9.48 Å². The van der Waals surface area contributed by atoms with E-state index in [0.717, 1.165) is 29.0 Å². The standard InChI is InChI=1S/C15H22F3N3OS/c1-9(14(22)19-12-5-4-6-23-7-12)13-10(2)20-21(11(13)3)8-15(16,17)18/h9,12H,4-8H2,1-3H3,(H,19,22)/t9-,12-/m0/s1. The molecule has 23 heavy (non-hydrogen) atoms. The molecule has 2 rings (SSSR count). The topological polar surface area (TPSA) is 46.9 Å². The Kier molecular flexibility index (Phi) is 5.65. The zero-order valence-corrected chi connectivity index (χ0v) is 14.4. The maximum Gasteiger partial charge on any atom is 0.408 e. The normalized spacial score (nSPS) is 20.3. The zero-order chi connectivity index (χ0) is 17.2. The molecule has 1 aliphatic rings. The number of halogens is 3. The minimum Gasteiger partial charge on any atom is -0.352 e. The summed E-state index contributed by atoms with van der Waals surface area (Å²) in [6.45, 7) is 3.82. The number of thioether (sulfide) groups is 1. The molecular weight excluding hydrogens is 327 g/mol. The molecule has 130 valence electrons. The van der Waals surface area contributed by atoms with E-state index in [-0.39, 0.29) is 11.9 Å². The number of alkyl halides is 3. The molecule has 1 saturated heterocycles. The Hall–Kier alpha value is -1.18. The van der Waals surface area contributed by atoms with Gasteiger partial charge in [0.1, 0.15) is 6.54 Å². The van der Waals surface area contributed by atoms with Crippen molar-refractivity contribution in [1.29, 1.82) is 0 Å². The van der Waals surface area contributed by atoms with Crippen LogP contribution in [0.4, 0.5) is 13.2 Å². The van der Waals surface area contributed by atoms with Crippen LogP contribution in [0.25, 0.3) is 0 Å². The molecule has 0 spiro atoms. The van der Waals surface area contributed by atoms with Crippen LogP contribution in [0.5, 0.6) is 0 Å². The van der Waals surface area contributed by atoms with Crippen LogP contribution < -0.4 is 5.32 Å². The van der Waals surface area contributed by atoms with E-state index in [1.54, 1.807) is 20.8 Å². The Morgan fingerprint density at radius 1 is 1.48 bits per heavy atom. The number of aromatic nitrogens is 2. The number of nitrogens with one attached hydrogen (secondary N) is 1. The van der Waals surface area contributed by atoms with E-state index in [0.29, 0.717) is 17.0 Å². The number of hydrogen-bond acceptors (Lipinski definition) is 3. The van der Waals surface area contributed by atoms with Crippen molar-refractivity contribution in [3.8, 4) is 0 Å².